The zero-order chi connectivity index (χ0) is 26.2. The molecule has 0 atom stereocenters. The zero-order valence-electron chi connectivity index (χ0n) is 22.1. The van der Waals surface area contributed by atoms with Gasteiger partial charge >= 0.3 is 5.97 Å². The zero-order valence-corrected chi connectivity index (χ0v) is 22.1. The molecule has 1 saturated carbocycles. The van der Waals surface area contributed by atoms with E-state index >= 15 is 0 Å². The molecule has 2 aliphatic rings. The van der Waals surface area contributed by atoms with E-state index in [2.05, 4.69) is 27.0 Å². The standard InChI is InChI=1S/C30H36FN3O3/c1-30(2,3)37-29(35)20-5-8-22(9-6-20)34-15-12-19(13-16-34)26-18-25-23(11-14-32-28(25)33-26)24-17-21(31)7-10-27(24)36-4/h7,10-12,14,17-18,20,22H,5-6,8-9,13,15-16H2,1-4H3,(H,32,33). The smallest absolute Gasteiger partial charge is 0.309 e. The van der Waals surface area contributed by atoms with Gasteiger partial charge in [0.2, 0.25) is 0 Å². The highest BCUT2D eigenvalue weighted by Crippen LogP contribution is 2.37. The lowest BCUT2D eigenvalue weighted by Crippen LogP contribution is -2.42. The summed E-state index contributed by atoms with van der Waals surface area (Å²) in [5.74, 6) is 0.308. The van der Waals surface area contributed by atoms with Crippen molar-refractivity contribution in [3.8, 4) is 16.9 Å². The summed E-state index contributed by atoms with van der Waals surface area (Å²) in [5.41, 5.74) is 4.29. The monoisotopic (exact) mass is 505 g/mol. The van der Waals surface area contributed by atoms with E-state index in [1.807, 2.05) is 26.8 Å². The molecule has 1 aliphatic heterocycles. The van der Waals surface area contributed by atoms with Crippen molar-refractivity contribution < 1.29 is 18.7 Å². The van der Waals surface area contributed by atoms with Crippen LogP contribution in [0.3, 0.4) is 0 Å². The first-order valence-electron chi connectivity index (χ1n) is 13.2. The van der Waals surface area contributed by atoms with Crippen LogP contribution in [0.1, 0.15) is 58.6 Å². The van der Waals surface area contributed by atoms with Crippen LogP contribution in [0.15, 0.2) is 42.6 Å². The molecule has 3 heterocycles. The van der Waals surface area contributed by atoms with Crippen LogP contribution in [0.4, 0.5) is 4.39 Å². The number of H-pyrrole nitrogens is 1. The molecule has 1 N–H and O–H groups in total. The van der Waals surface area contributed by atoms with Gasteiger partial charge in [0.05, 0.1) is 13.0 Å². The van der Waals surface area contributed by atoms with Gasteiger partial charge in [-0.3, -0.25) is 9.69 Å². The molecule has 3 aromatic rings. The summed E-state index contributed by atoms with van der Waals surface area (Å²) in [6, 6.07) is 9.11. The molecule has 0 spiro atoms. The van der Waals surface area contributed by atoms with Crippen LogP contribution in [0.5, 0.6) is 5.75 Å². The van der Waals surface area contributed by atoms with Crippen LogP contribution in [0, 0.1) is 11.7 Å². The third-order valence-electron chi connectivity index (χ3n) is 7.52. The molecule has 1 fully saturated rings. The maximum atomic E-state index is 14.1. The molecule has 1 aromatic carbocycles. The van der Waals surface area contributed by atoms with Gasteiger partial charge in [0.15, 0.2) is 0 Å². The van der Waals surface area contributed by atoms with Crippen LogP contribution >= 0.6 is 0 Å². The Morgan fingerprint density at radius 3 is 2.57 bits per heavy atom. The molecule has 7 heteroatoms. The van der Waals surface area contributed by atoms with Crippen molar-refractivity contribution in [2.45, 2.75) is 64.5 Å². The van der Waals surface area contributed by atoms with Crippen molar-refractivity contribution in [2.24, 2.45) is 5.92 Å². The van der Waals surface area contributed by atoms with Gasteiger partial charge in [-0.15, -0.1) is 0 Å². The van der Waals surface area contributed by atoms with Crippen molar-refractivity contribution in [1.82, 2.24) is 14.9 Å². The van der Waals surface area contributed by atoms with Crippen LogP contribution < -0.4 is 4.74 Å². The highest BCUT2D eigenvalue weighted by atomic mass is 19.1. The van der Waals surface area contributed by atoms with Gasteiger partial charge in [-0.2, -0.15) is 0 Å². The van der Waals surface area contributed by atoms with Gasteiger partial charge in [-0.25, -0.2) is 9.37 Å². The molecule has 5 rings (SSSR count). The number of nitrogens with zero attached hydrogens (tertiary/aromatic N) is 2. The molecule has 196 valence electrons. The van der Waals surface area contributed by atoms with Gasteiger partial charge in [0.25, 0.3) is 0 Å². The number of halogens is 1. The topological polar surface area (TPSA) is 67.5 Å². The fraction of sp³-hybridized carbons (Fsp3) is 0.467. The van der Waals surface area contributed by atoms with E-state index < -0.39 is 5.60 Å². The Bertz CT molecular complexity index is 1320. The number of methoxy groups -OCH3 is 1. The highest BCUT2D eigenvalue weighted by Gasteiger charge is 2.32. The Labute approximate surface area is 217 Å². The van der Waals surface area contributed by atoms with E-state index in [0.717, 1.165) is 67.5 Å². The number of rotatable bonds is 5. The average molecular weight is 506 g/mol. The number of aromatic nitrogens is 2. The van der Waals surface area contributed by atoms with Crippen molar-refractivity contribution in [1.29, 1.82) is 0 Å². The number of nitrogens with one attached hydrogen (secondary N) is 1. The second kappa shape index (κ2) is 10.3. The minimum absolute atomic E-state index is 0.0242. The van der Waals surface area contributed by atoms with Crippen molar-refractivity contribution in [3.05, 3.63) is 54.1 Å². The number of esters is 1. The van der Waals surface area contributed by atoms with Gasteiger partial charge in [0, 0.05) is 42.0 Å². The molecule has 0 unspecified atom stereocenters. The Kier molecular flexibility index (Phi) is 7.08. The summed E-state index contributed by atoms with van der Waals surface area (Å²) in [7, 11) is 1.60. The van der Waals surface area contributed by atoms with Gasteiger partial charge in [0.1, 0.15) is 22.8 Å². The SMILES string of the molecule is COc1ccc(F)cc1-c1ccnc2[nH]c(C3=CCN(C4CCC(C(=O)OC(C)(C)C)CC4)CC3)cc12. The van der Waals surface area contributed by atoms with Gasteiger partial charge in [-0.1, -0.05) is 6.08 Å². The van der Waals surface area contributed by atoms with Crippen LogP contribution in [0.25, 0.3) is 27.7 Å². The first-order chi connectivity index (χ1) is 17.7. The lowest BCUT2D eigenvalue weighted by atomic mass is 9.84. The van der Waals surface area contributed by atoms with Crippen LogP contribution in [-0.4, -0.2) is 52.7 Å². The summed E-state index contributed by atoms with van der Waals surface area (Å²) < 4.78 is 25.2. The van der Waals surface area contributed by atoms with Crippen molar-refractivity contribution in [2.75, 3.05) is 20.2 Å². The maximum Gasteiger partial charge on any atom is 0.309 e. The van der Waals surface area contributed by atoms with Crippen molar-refractivity contribution >= 4 is 22.6 Å². The molecular formula is C30H36FN3O3. The second-order valence-electron chi connectivity index (χ2n) is 11.2. The van der Waals surface area contributed by atoms with E-state index in [0.29, 0.717) is 17.4 Å². The molecule has 0 saturated heterocycles. The van der Waals surface area contributed by atoms with Gasteiger partial charge < -0.3 is 14.5 Å². The number of hydrogen-bond donors (Lipinski definition) is 1. The normalized spacial score (nSPS) is 21.1. The lowest BCUT2D eigenvalue weighted by molar-refractivity contribution is -0.161. The third-order valence-corrected chi connectivity index (χ3v) is 7.52. The van der Waals surface area contributed by atoms with Crippen LogP contribution in [-0.2, 0) is 9.53 Å². The fourth-order valence-corrected chi connectivity index (χ4v) is 5.65. The molecule has 2 aromatic heterocycles. The molecule has 0 amide bonds. The van der Waals surface area contributed by atoms with Crippen LogP contribution in [0.2, 0.25) is 0 Å². The third kappa shape index (κ3) is 5.57. The minimum Gasteiger partial charge on any atom is -0.496 e. The predicted octanol–water partition coefficient (Wildman–Crippen LogP) is 6.37. The molecular weight excluding hydrogens is 469 g/mol. The molecule has 0 bridgehead atoms. The molecule has 1 aliphatic carbocycles. The molecule has 6 nitrogen and oxygen atoms in total. The second-order valence-corrected chi connectivity index (χ2v) is 11.2. The molecule has 0 radical (unpaired) electrons. The number of fused-ring (bicyclic) bond motifs is 1. The van der Waals surface area contributed by atoms with Gasteiger partial charge in [-0.05, 0) is 94.3 Å². The summed E-state index contributed by atoms with van der Waals surface area (Å²) in [6.45, 7) is 7.66. The minimum atomic E-state index is -0.426. The van der Waals surface area contributed by atoms with E-state index in [1.165, 1.54) is 17.7 Å². The number of carbonyl (C=O) groups excluding carboxylic acids is 1. The molecule has 37 heavy (non-hydrogen) atoms. The highest BCUT2D eigenvalue weighted by molar-refractivity contribution is 5.96. The number of pyridine rings is 1. The Balaban J connectivity index is 1.28. The van der Waals surface area contributed by atoms with Crippen molar-refractivity contribution in [3.63, 3.8) is 0 Å². The first kappa shape index (κ1) is 25.5. The largest absolute Gasteiger partial charge is 0.496 e. The number of benzene rings is 1. The van der Waals surface area contributed by atoms with E-state index in [9.17, 15) is 9.18 Å². The van der Waals surface area contributed by atoms with E-state index in [4.69, 9.17) is 9.47 Å². The summed E-state index contributed by atoms with van der Waals surface area (Å²) >= 11 is 0. The number of carbonyl (C=O) groups is 1. The summed E-state index contributed by atoms with van der Waals surface area (Å²) in [4.78, 5) is 23.0. The average Bonchev–Trinajstić information content (AvgIpc) is 3.32. The summed E-state index contributed by atoms with van der Waals surface area (Å²) in [5, 5.41) is 0.949. The van der Waals surface area contributed by atoms with E-state index in [1.54, 1.807) is 19.4 Å². The fourth-order valence-electron chi connectivity index (χ4n) is 5.65. The maximum absolute atomic E-state index is 14.1. The van der Waals surface area contributed by atoms with E-state index in [-0.39, 0.29) is 17.7 Å². The Morgan fingerprint density at radius 2 is 1.89 bits per heavy atom. The number of ether oxygens (including phenoxy) is 2. The number of aromatic amines is 1. The number of hydrogen-bond acceptors (Lipinski definition) is 5. The quantitative estimate of drug-likeness (QED) is 0.408. The first-order valence-corrected chi connectivity index (χ1v) is 13.2. The Morgan fingerprint density at radius 1 is 1.11 bits per heavy atom. The predicted molar refractivity (Wildman–Crippen MR) is 144 cm³/mol. The Hall–Kier alpha value is -3.19. The lowest BCUT2D eigenvalue weighted by Gasteiger charge is -2.38. The summed E-state index contributed by atoms with van der Waals surface area (Å²) in [6.07, 6.45) is 8.84.